The molecule has 0 aromatic carbocycles. The Hall–Kier alpha value is -3.62. The number of carbonyl (C=O) groups is 2. The molecule has 0 spiro atoms. The predicted octanol–water partition coefficient (Wildman–Crippen LogP) is -29.0. The molecule has 13 aliphatic rings. The van der Waals surface area contributed by atoms with Crippen LogP contribution in [0.15, 0.2) is 0 Å². The highest BCUT2D eigenvalue weighted by atomic mass is 16.8. The number of hydrogen-bond acceptors (Lipinski definition) is 66. The fourth-order valence-electron chi connectivity index (χ4n) is 19.3. The van der Waals surface area contributed by atoms with Crippen LogP contribution in [-0.4, -0.2) is 696 Å². The fraction of sp³-hybridized carbons (Fsp3) is 0.976. The van der Waals surface area contributed by atoms with Gasteiger partial charge in [-0.05, 0) is 0 Å². The maximum Gasteiger partial charge on any atom is 0.217 e. The van der Waals surface area contributed by atoms with Crippen molar-refractivity contribution in [2.45, 2.75) is 413 Å². The largest absolute Gasteiger partial charge is 0.394 e. The first-order valence-electron chi connectivity index (χ1n) is 47.7. The molecule has 0 radical (unpaired) electrons. The molecular weight excluding hydrogens is 2070 g/mol. The molecule has 13 aliphatic heterocycles. The van der Waals surface area contributed by atoms with Crippen molar-refractivity contribution >= 4 is 11.8 Å². The molecule has 2 amide bonds. The summed E-state index contributed by atoms with van der Waals surface area (Å²) in [5, 5.41) is 444. The summed E-state index contributed by atoms with van der Waals surface area (Å²) in [5.74, 6) is -1.91. The molecule has 68 nitrogen and oxygen atoms in total. The van der Waals surface area contributed by atoms with E-state index in [0.717, 1.165) is 13.8 Å². The maximum absolute atomic E-state index is 13.3. The van der Waals surface area contributed by atoms with Gasteiger partial charge in [0.25, 0.3) is 0 Å². The smallest absolute Gasteiger partial charge is 0.217 e. The second kappa shape index (κ2) is 53.8. The lowest BCUT2D eigenvalue weighted by Gasteiger charge is -2.51. The van der Waals surface area contributed by atoms with E-state index >= 15 is 0 Å². The van der Waals surface area contributed by atoms with Crippen molar-refractivity contribution in [1.82, 2.24) is 10.6 Å². The Balaban J connectivity index is 0.883. The lowest BCUT2D eigenvalue weighted by Crippen LogP contribution is -2.70. The van der Waals surface area contributed by atoms with Crippen molar-refractivity contribution in [3.05, 3.63) is 0 Å². The van der Waals surface area contributed by atoms with Gasteiger partial charge in [0.2, 0.25) is 11.8 Å². The molecule has 13 saturated heterocycles. The second-order valence-corrected chi connectivity index (χ2v) is 38.0. The lowest BCUT2D eigenvalue weighted by molar-refractivity contribution is -0.413. The first-order valence-corrected chi connectivity index (χ1v) is 47.7. The summed E-state index contributed by atoms with van der Waals surface area (Å²) in [7, 11) is 0. The van der Waals surface area contributed by atoms with E-state index in [0.29, 0.717) is 0 Å². The highest BCUT2D eigenvalue weighted by Crippen LogP contribution is 2.43. The van der Waals surface area contributed by atoms with Crippen molar-refractivity contribution in [3.63, 3.8) is 0 Å². The highest BCUT2D eigenvalue weighted by Gasteiger charge is 2.64. The summed E-state index contributed by atoms with van der Waals surface area (Å²) in [6, 6.07) is -3.85. The number of rotatable bonds is 39. The summed E-state index contributed by atoms with van der Waals surface area (Å²) < 4.78 is 147. The van der Waals surface area contributed by atoms with Gasteiger partial charge in [-0.2, -0.15) is 0 Å². The highest BCUT2D eigenvalue weighted by molar-refractivity contribution is 5.73. The zero-order chi connectivity index (χ0) is 110. The van der Waals surface area contributed by atoms with Crippen molar-refractivity contribution in [2.24, 2.45) is 0 Å². The summed E-state index contributed by atoms with van der Waals surface area (Å²) >= 11 is 0. The van der Waals surface area contributed by atoms with Crippen molar-refractivity contribution in [1.29, 1.82) is 0 Å². The number of nitrogens with one attached hydrogen (secondary N) is 2. The molecule has 0 saturated carbocycles. The number of aliphatic hydroxyl groups is 39. The van der Waals surface area contributed by atoms with E-state index in [4.69, 9.17) is 118 Å². The number of aliphatic hydroxyl groups excluding tert-OH is 39. The van der Waals surface area contributed by atoms with E-state index in [2.05, 4.69) is 10.6 Å². The van der Waals surface area contributed by atoms with Crippen LogP contribution in [0, 0.1) is 0 Å². The molecule has 872 valence electrons. The van der Waals surface area contributed by atoms with Crippen LogP contribution in [0.2, 0.25) is 0 Å². The van der Waals surface area contributed by atoms with Gasteiger partial charge in [0.15, 0.2) is 81.8 Å². The molecule has 0 aromatic heterocycles. The van der Waals surface area contributed by atoms with Gasteiger partial charge in [-0.25, -0.2) is 0 Å². The molecule has 1 unspecified atom stereocenters. The quantitative estimate of drug-likeness (QED) is 0.0272. The van der Waals surface area contributed by atoms with E-state index in [9.17, 15) is 209 Å². The maximum atomic E-state index is 13.3. The number of hydrogen-bond donors (Lipinski definition) is 41. The molecule has 65 atom stereocenters. The monoisotopic (exact) mass is 2210 g/mol. The van der Waals surface area contributed by atoms with Crippen LogP contribution in [0.5, 0.6) is 0 Å². The first-order chi connectivity index (χ1) is 71.1. The van der Waals surface area contributed by atoms with Crippen LogP contribution < -0.4 is 10.6 Å². The third kappa shape index (κ3) is 26.4. The minimum Gasteiger partial charge on any atom is -0.394 e. The van der Waals surface area contributed by atoms with Gasteiger partial charge >= 0.3 is 0 Å². The summed E-state index contributed by atoms with van der Waals surface area (Å²) in [6.07, 6.45) is -144. The summed E-state index contributed by atoms with van der Waals surface area (Å²) in [5.41, 5.74) is 0. The minimum absolute atomic E-state index is 0.861. The van der Waals surface area contributed by atoms with Gasteiger partial charge in [0, 0.05) is 13.8 Å². The van der Waals surface area contributed by atoms with E-state index in [1.165, 1.54) is 0 Å². The van der Waals surface area contributed by atoms with Gasteiger partial charge in [-0.3, -0.25) is 9.59 Å². The number of carbonyl (C=O) groups excluding carboxylic acids is 2. The minimum atomic E-state index is -2.88. The molecule has 13 heterocycles. The Morgan fingerprint density at radius 3 is 0.720 bits per heavy atom. The van der Waals surface area contributed by atoms with Crippen molar-refractivity contribution < 1.29 is 327 Å². The first kappa shape index (κ1) is 123. The van der Waals surface area contributed by atoms with Crippen LogP contribution in [0.4, 0.5) is 0 Å². The van der Waals surface area contributed by atoms with E-state index in [-0.39, 0.29) is 0 Å². The normalized spacial score (nSPS) is 52.1. The van der Waals surface area contributed by atoms with Gasteiger partial charge in [0.05, 0.1) is 85.9 Å². The Morgan fingerprint density at radius 2 is 0.367 bits per heavy atom. The SMILES string of the molecule is CC(=O)N[C@H]1[C@H](O[C@H]2[C@H](O)[C@@H](NC(C)=O)C(O)O[C@@H]2CO)O[C@H](CO)[C@@H](O[C@@H]2O[C@H](CO[C@H]3O[C@H](CO[C@H]4O[C@H](CO)[C@@H](O)[C@H](O)[C@@H]4O)[C@@H](O)[C@H](O[C@H]4O[C@H](CO)[C@@H](O)[C@H](O)[C@@H]4O)[C@@H]3O)[C@@H](O)[C@H](O[C@H]3O[C@H](CO[C@H]4O[C@H](CO)[C@@H](O)[C@H](O)[C@@H]4O[C@H]4O[C@H](CO)[C@@H](O)[C@H](O[C@H]5O[C@H](CO)[C@@H](O)[C@H](O)[C@@H]5O)[C@@H]4O)[C@@H](O)[C@H](O)[C@@H]3O[C@H]3O[C@H](CO)[C@@H](O)[C@H](O)[C@@H]3O[C@H]3O[C@H](CO)[C@@H](O)[C@H](O[C@H]4O[C@H](CO)[C@@H](O)[C@H](O)[C@@H]4O)[C@@H]3O)[C@@H]2O)[C@@H]1O. The van der Waals surface area contributed by atoms with Crippen LogP contribution in [0.1, 0.15) is 13.8 Å². The third-order valence-corrected chi connectivity index (χ3v) is 28.0. The summed E-state index contributed by atoms with van der Waals surface area (Å²) in [4.78, 5) is 25.7. The second-order valence-electron chi connectivity index (χ2n) is 38.0. The van der Waals surface area contributed by atoms with E-state index in [1.807, 2.05) is 0 Å². The van der Waals surface area contributed by atoms with Gasteiger partial charge in [0.1, 0.15) is 317 Å². The van der Waals surface area contributed by atoms with Crippen molar-refractivity contribution in [2.75, 3.05) is 85.9 Å². The van der Waals surface area contributed by atoms with Crippen LogP contribution >= 0.6 is 0 Å². The molecule has 0 aliphatic carbocycles. The molecule has 41 N–H and O–H groups in total. The zero-order valence-electron chi connectivity index (χ0n) is 79.2. The van der Waals surface area contributed by atoms with E-state index in [1.54, 1.807) is 0 Å². The van der Waals surface area contributed by atoms with Crippen LogP contribution in [-0.2, 0) is 128 Å². The molecule has 0 bridgehead atoms. The van der Waals surface area contributed by atoms with Crippen LogP contribution in [0.3, 0.4) is 0 Å². The third-order valence-electron chi connectivity index (χ3n) is 28.0. The fourth-order valence-corrected chi connectivity index (χ4v) is 19.3. The van der Waals surface area contributed by atoms with Gasteiger partial charge in [-0.1, -0.05) is 0 Å². The molecule has 13 rings (SSSR count). The molecule has 150 heavy (non-hydrogen) atoms. The topological polar surface area (TPSA) is 1080 Å². The Bertz CT molecular complexity index is 4070. The summed E-state index contributed by atoms with van der Waals surface area (Å²) in [6.45, 7) is -13.8. The molecule has 13 fully saturated rings. The Labute approximate surface area is 845 Å². The van der Waals surface area contributed by atoms with Crippen LogP contribution in [0.25, 0.3) is 0 Å². The molecule has 0 aromatic rings. The number of amides is 2. The van der Waals surface area contributed by atoms with E-state index < -0.39 is 497 Å². The average molecular weight is 2210 g/mol. The standard InChI is InChI=1S/C82H138N2O66/c1-16(95)83-31-44(108)61(26(11-93)129-70(31)125)142-71-32(84-17(2)96)45(109)62(27(12-94)138-71)143-79-60(124)66(43(107)30(140-79)15-127-73-57(121)65(146-76-56(120)49(113)36(100)21(6-88)133-76)42(106)29(139-73)14-126-72-53(117)46(110)33(97)18(3-85)130-72)147-82-69(150-81-68(51(115)38(102)23(8-90)137-81)149-78-59(123)64(41(105)25(10-92)135-78)145-75-55(119)48(112)35(99)20(5-87)132-75)52(116)39(103)28(141-82)13-128-80-67(50(114)37(101)22(7-89)136-80)148-77-58(122)63(40(104)24(9-91)134-77)144-74-54(118)47(111)34(98)19(4-86)131-74/h18-82,85-94,97-125H,3-15H2,1-2H3,(H,83,95)(H,84,96)/t18-,19-,20-,21-,22-,23-,24-,25-,26-,27-,28-,29-,30-,31-,32-,33-,34-,35-,36-,37-,38-,39-,40-,41-,42-,43-,44-,45-,46+,47+,48+,49+,50+,51+,52+,53+,54+,55+,56+,57+,58+,59+,60+,61-,62-,63+,64+,65+,66+,67+,68+,69+,70?,71+,72+,73+,74-,75-,76-,77-,78-,79+,80+,81-,82-/m1/s1. The Kier molecular flexibility index (Phi) is 44.2. The lowest BCUT2D eigenvalue weighted by atomic mass is 9.94. The van der Waals surface area contributed by atoms with Crippen molar-refractivity contribution in [3.8, 4) is 0 Å². The predicted molar refractivity (Wildman–Crippen MR) is 451 cm³/mol. The molecular formula is C82H138N2O66. The Morgan fingerprint density at radius 1 is 0.173 bits per heavy atom. The van der Waals surface area contributed by atoms with Gasteiger partial charge in [-0.15, -0.1) is 0 Å². The van der Waals surface area contributed by atoms with Gasteiger partial charge < -0.3 is 328 Å². The zero-order valence-corrected chi connectivity index (χ0v) is 79.2. The average Bonchev–Trinajstić information content (AvgIpc) is 0.763. The number of ether oxygens (including phenoxy) is 25. The molecule has 68 heteroatoms.